The van der Waals surface area contributed by atoms with Crippen LogP contribution >= 0.6 is 11.3 Å². The molecule has 4 atom stereocenters. The molecule has 2 aromatic carbocycles. The molecule has 0 saturated carbocycles. The molecular weight excluding hydrogens is 693 g/mol. The van der Waals surface area contributed by atoms with Gasteiger partial charge in [0.1, 0.15) is 12.6 Å². The number of urea groups is 1. The van der Waals surface area contributed by atoms with Gasteiger partial charge < -0.3 is 25.4 Å². The molecule has 0 aliphatic rings. The molecule has 1 heterocycles. The van der Waals surface area contributed by atoms with Crippen LogP contribution in [0.3, 0.4) is 0 Å². The maximum atomic E-state index is 14.2. The van der Waals surface area contributed by atoms with E-state index in [1.807, 2.05) is 77.3 Å². The van der Waals surface area contributed by atoms with Gasteiger partial charge in [0.2, 0.25) is 15.9 Å². The van der Waals surface area contributed by atoms with Crippen LogP contribution in [0.4, 0.5) is 4.79 Å². The number of nitrogens with one attached hydrogen (secondary N) is 2. The number of aryl methyl sites for hydroxylation is 1. The number of aliphatic hydroxyl groups is 1. The number of nitroso groups, excluding NO2 is 1. The lowest BCUT2D eigenvalue weighted by Crippen LogP contribution is -2.60. The Morgan fingerprint density at radius 1 is 1.00 bits per heavy atom. The Labute approximate surface area is 305 Å². The van der Waals surface area contributed by atoms with E-state index in [-0.39, 0.29) is 43.4 Å². The third kappa shape index (κ3) is 13.1. The third-order valence-electron chi connectivity index (χ3n) is 7.84. The van der Waals surface area contributed by atoms with E-state index < -0.39 is 51.9 Å². The fourth-order valence-electron chi connectivity index (χ4n) is 5.49. The lowest BCUT2D eigenvalue weighted by molar-refractivity contribution is -0.132. The number of ether oxygens (including phenoxy) is 1. The Bertz CT molecular complexity index is 1680. The Morgan fingerprint density at radius 2 is 1.65 bits per heavy atom. The zero-order valence-electron chi connectivity index (χ0n) is 30.7. The van der Waals surface area contributed by atoms with Gasteiger partial charge in [-0.1, -0.05) is 61.5 Å². The summed E-state index contributed by atoms with van der Waals surface area (Å²) in [5, 5.41) is 23.1. The van der Waals surface area contributed by atoms with Crippen LogP contribution in [0.5, 0.6) is 0 Å². The Hall–Kier alpha value is -3.76. The van der Waals surface area contributed by atoms with Crippen molar-refractivity contribution in [1.82, 2.24) is 24.8 Å². The number of amides is 3. The number of aromatic nitrogens is 1. The first-order valence-electron chi connectivity index (χ1n) is 16.9. The van der Waals surface area contributed by atoms with E-state index in [4.69, 9.17) is 4.74 Å². The van der Waals surface area contributed by atoms with Gasteiger partial charge in [0.15, 0.2) is 0 Å². The topological polar surface area (TPSA) is 171 Å². The summed E-state index contributed by atoms with van der Waals surface area (Å²) in [5.41, 5.74) is 1.44. The molecule has 0 spiro atoms. The molecule has 15 heteroatoms. The van der Waals surface area contributed by atoms with Crippen molar-refractivity contribution in [1.29, 1.82) is 0 Å². The second kappa shape index (κ2) is 18.6. The molecule has 0 saturated heterocycles. The monoisotopic (exact) mass is 744 g/mol. The standard InChI is InChI=1S/C36H52N6O7S2/c1-24(2)20-42(51(47,48)30-16-14-28(15-17-30)19-37-46)22-32(43)31(18-27-12-10-9-11-13-27)39-34(44)33(25(3)49-36(5,6)7)40-35(45)41(8)21-29-23-50-26(4)38-29/h9-17,23-25,31-33,43H,18-22H2,1-8H3,(H,39,44)(H,40,45)/t25-,31-,32+,33-/m0/s1. The summed E-state index contributed by atoms with van der Waals surface area (Å²) in [5.74, 6) is -0.691. The minimum absolute atomic E-state index is 0.00139. The molecule has 3 aromatic rings. The van der Waals surface area contributed by atoms with Crippen LogP contribution in [-0.4, -0.2) is 89.7 Å². The summed E-state index contributed by atoms with van der Waals surface area (Å²) in [6.45, 7) is 12.8. The maximum absolute atomic E-state index is 14.2. The van der Waals surface area contributed by atoms with Gasteiger partial charge in [0.05, 0.1) is 46.0 Å². The number of carbonyl (C=O) groups excluding carboxylic acids is 2. The Morgan fingerprint density at radius 3 is 2.20 bits per heavy atom. The van der Waals surface area contributed by atoms with Gasteiger partial charge in [0.25, 0.3) is 0 Å². The summed E-state index contributed by atoms with van der Waals surface area (Å²) in [6, 6.07) is 12.5. The number of hydrogen-bond donors (Lipinski definition) is 3. The quantitative estimate of drug-likeness (QED) is 0.155. The largest absolute Gasteiger partial charge is 0.390 e. The number of carbonyl (C=O) groups is 2. The summed E-state index contributed by atoms with van der Waals surface area (Å²) in [4.78, 5) is 44.1. The van der Waals surface area contributed by atoms with Crippen LogP contribution in [-0.2, 0) is 39.1 Å². The molecule has 51 heavy (non-hydrogen) atoms. The highest BCUT2D eigenvalue weighted by Gasteiger charge is 2.36. The molecule has 0 aliphatic heterocycles. The van der Waals surface area contributed by atoms with Crippen LogP contribution in [0.25, 0.3) is 0 Å². The average molecular weight is 745 g/mol. The highest BCUT2D eigenvalue weighted by atomic mass is 32.2. The summed E-state index contributed by atoms with van der Waals surface area (Å²) >= 11 is 1.48. The van der Waals surface area contributed by atoms with Crippen molar-refractivity contribution in [3.63, 3.8) is 0 Å². The molecule has 3 N–H and O–H groups in total. The van der Waals surface area contributed by atoms with Crippen molar-refractivity contribution in [2.75, 3.05) is 20.1 Å². The Kier molecular flexibility index (Phi) is 15.2. The first-order valence-corrected chi connectivity index (χ1v) is 19.2. The number of sulfonamides is 1. The van der Waals surface area contributed by atoms with E-state index in [0.29, 0.717) is 5.56 Å². The number of thiazole rings is 1. The molecule has 0 aliphatic carbocycles. The van der Waals surface area contributed by atoms with Gasteiger partial charge >= 0.3 is 6.03 Å². The van der Waals surface area contributed by atoms with E-state index in [0.717, 1.165) is 16.3 Å². The van der Waals surface area contributed by atoms with Crippen LogP contribution in [0, 0.1) is 17.7 Å². The molecule has 0 fully saturated rings. The molecule has 1 aromatic heterocycles. The first kappa shape index (κ1) is 41.7. The first-order chi connectivity index (χ1) is 23.9. The fraction of sp³-hybridized carbons (Fsp3) is 0.528. The molecule has 0 bridgehead atoms. The maximum Gasteiger partial charge on any atom is 0.318 e. The van der Waals surface area contributed by atoms with Crippen molar-refractivity contribution in [2.45, 2.75) is 103 Å². The SMILES string of the molecule is Cc1nc(CN(C)C(=O)N[C@H](C(=O)N[C@@H](Cc2ccccc2)[C@H](O)CN(CC(C)C)S(=O)(=O)c2ccc(CN=O)cc2)[C@H](C)OC(C)(C)C)cs1. The zero-order valence-corrected chi connectivity index (χ0v) is 32.3. The number of aliphatic hydroxyl groups excluding tert-OH is 1. The molecule has 13 nitrogen and oxygen atoms in total. The molecule has 0 unspecified atom stereocenters. The number of nitrogens with zero attached hydrogens (tertiary/aromatic N) is 4. The average Bonchev–Trinajstić information content (AvgIpc) is 3.46. The normalized spacial score (nSPS) is 14.5. The van der Waals surface area contributed by atoms with Gasteiger partial charge in [-0.3, -0.25) is 4.79 Å². The Balaban J connectivity index is 1.92. The summed E-state index contributed by atoms with van der Waals surface area (Å²) in [7, 11) is -2.49. The second-order valence-corrected chi connectivity index (χ2v) is 17.1. The van der Waals surface area contributed by atoms with Crippen LogP contribution in [0.15, 0.2) is 70.0 Å². The minimum atomic E-state index is -4.09. The molecule has 0 radical (unpaired) electrons. The molecular formula is C36H52N6O7S2. The lowest BCUT2D eigenvalue weighted by atomic mass is 9.99. The van der Waals surface area contributed by atoms with Gasteiger partial charge in [-0.2, -0.15) is 9.21 Å². The van der Waals surface area contributed by atoms with E-state index in [1.54, 1.807) is 14.0 Å². The van der Waals surface area contributed by atoms with Crippen molar-refractivity contribution >= 4 is 33.3 Å². The van der Waals surface area contributed by atoms with E-state index in [2.05, 4.69) is 20.8 Å². The van der Waals surface area contributed by atoms with Crippen LogP contribution in [0.1, 0.15) is 63.4 Å². The van der Waals surface area contributed by atoms with E-state index >= 15 is 0 Å². The van der Waals surface area contributed by atoms with Crippen molar-refractivity contribution < 1.29 is 27.9 Å². The smallest absolute Gasteiger partial charge is 0.318 e. The number of hydrogen-bond acceptors (Lipinski definition) is 10. The van der Waals surface area contributed by atoms with Crippen LogP contribution in [0.2, 0.25) is 0 Å². The van der Waals surface area contributed by atoms with E-state index in [1.165, 1.54) is 44.8 Å². The van der Waals surface area contributed by atoms with Gasteiger partial charge in [-0.25, -0.2) is 18.2 Å². The molecule has 280 valence electrons. The minimum Gasteiger partial charge on any atom is -0.390 e. The van der Waals surface area contributed by atoms with Gasteiger partial charge in [0, 0.05) is 25.5 Å². The predicted octanol–water partition coefficient (Wildman–Crippen LogP) is 4.87. The van der Waals surface area contributed by atoms with Crippen molar-refractivity contribution in [3.8, 4) is 0 Å². The summed E-state index contributed by atoms with van der Waals surface area (Å²) in [6.07, 6.45) is -1.96. The fourth-order valence-corrected chi connectivity index (χ4v) is 7.71. The third-order valence-corrected chi connectivity index (χ3v) is 10.5. The molecule has 3 rings (SSSR count). The van der Waals surface area contributed by atoms with Crippen LogP contribution < -0.4 is 10.6 Å². The highest BCUT2D eigenvalue weighted by Crippen LogP contribution is 2.21. The van der Waals surface area contributed by atoms with Crippen molar-refractivity contribution in [2.24, 2.45) is 11.1 Å². The number of benzene rings is 2. The van der Waals surface area contributed by atoms with Crippen molar-refractivity contribution in [3.05, 3.63) is 86.7 Å². The van der Waals surface area contributed by atoms with E-state index in [9.17, 15) is 28.0 Å². The number of rotatable bonds is 18. The highest BCUT2D eigenvalue weighted by molar-refractivity contribution is 7.89. The summed E-state index contributed by atoms with van der Waals surface area (Å²) < 4.78 is 35.1. The second-order valence-electron chi connectivity index (χ2n) is 14.1. The van der Waals surface area contributed by atoms with Gasteiger partial charge in [-0.05, 0) is 70.2 Å². The molecule has 3 amide bonds. The lowest BCUT2D eigenvalue weighted by Gasteiger charge is -2.34. The van der Waals surface area contributed by atoms with Gasteiger partial charge in [-0.15, -0.1) is 11.3 Å². The predicted molar refractivity (Wildman–Crippen MR) is 199 cm³/mol. The zero-order chi connectivity index (χ0) is 37.9.